The van der Waals surface area contributed by atoms with Gasteiger partial charge in [-0.15, -0.1) is 0 Å². The van der Waals surface area contributed by atoms with E-state index in [1.54, 1.807) is 0 Å². The van der Waals surface area contributed by atoms with Gasteiger partial charge in [0.15, 0.2) is 0 Å². The molecular weight excluding hydrogens is 188 g/mol. The van der Waals surface area contributed by atoms with Gasteiger partial charge in [-0.1, -0.05) is 23.3 Å². The summed E-state index contributed by atoms with van der Waals surface area (Å²) in [5.41, 5.74) is 2.47. The average molecular weight is 210 g/mol. The van der Waals surface area contributed by atoms with Gasteiger partial charge in [-0.25, -0.2) is 0 Å². The number of hydrogen-bond acceptors (Lipinski definition) is 2. The van der Waals surface area contributed by atoms with Crippen molar-refractivity contribution in [3.63, 3.8) is 0 Å². The van der Waals surface area contributed by atoms with E-state index >= 15 is 0 Å². The molecule has 3 nitrogen and oxygen atoms in total. The zero-order valence-corrected chi connectivity index (χ0v) is 10.2. The standard InChI is InChI=1S/C12H22N2O/c1-10(2)5-7-13-9-12(15)14-8-6-11(3)4/h5-6,13H,7-9H2,1-4H3,(H,14,15). The Bertz CT molecular complexity index is 246. The molecule has 0 unspecified atom stereocenters. The van der Waals surface area contributed by atoms with Crippen LogP contribution >= 0.6 is 0 Å². The Morgan fingerprint density at radius 2 is 1.53 bits per heavy atom. The first-order valence-electron chi connectivity index (χ1n) is 5.26. The number of rotatable bonds is 6. The molecule has 0 aromatic carbocycles. The van der Waals surface area contributed by atoms with Crippen molar-refractivity contribution in [1.29, 1.82) is 0 Å². The van der Waals surface area contributed by atoms with Crippen LogP contribution in [-0.2, 0) is 4.79 Å². The summed E-state index contributed by atoms with van der Waals surface area (Å²) < 4.78 is 0. The van der Waals surface area contributed by atoms with Crippen LogP contribution in [0.25, 0.3) is 0 Å². The Labute approximate surface area is 92.6 Å². The molecule has 0 heterocycles. The van der Waals surface area contributed by atoms with Crippen molar-refractivity contribution in [3.8, 4) is 0 Å². The van der Waals surface area contributed by atoms with E-state index in [0.717, 1.165) is 6.54 Å². The van der Waals surface area contributed by atoms with E-state index in [0.29, 0.717) is 13.1 Å². The smallest absolute Gasteiger partial charge is 0.234 e. The highest BCUT2D eigenvalue weighted by molar-refractivity contribution is 5.78. The minimum absolute atomic E-state index is 0.0367. The van der Waals surface area contributed by atoms with E-state index in [2.05, 4.69) is 16.7 Å². The van der Waals surface area contributed by atoms with Gasteiger partial charge >= 0.3 is 0 Å². The van der Waals surface area contributed by atoms with E-state index in [1.165, 1.54) is 11.1 Å². The lowest BCUT2D eigenvalue weighted by Gasteiger charge is -2.03. The van der Waals surface area contributed by atoms with Gasteiger partial charge in [-0.3, -0.25) is 4.79 Å². The third kappa shape index (κ3) is 10.8. The van der Waals surface area contributed by atoms with Gasteiger partial charge in [0, 0.05) is 13.1 Å². The second-order valence-corrected chi connectivity index (χ2v) is 4.00. The van der Waals surface area contributed by atoms with Gasteiger partial charge in [0.05, 0.1) is 6.54 Å². The van der Waals surface area contributed by atoms with Gasteiger partial charge in [0.25, 0.3) is 0 Å². The molecule has 0 spiro atoms. The Hall–Kier alpha value is -1.09. The van der Waals surface area contributed by atoms with Crippen molar-refractivity contribution < 1.29 is 4.79 Å². The van der Waals surface area contributed by atoms with Gasteiger partial charge in [-0.05, 0) is 27.7 Å². The van der Waals surface area contributed by atoms with Crippen molar-refractivity contribution in [1.82, 2.24) is 10.6 Å². The Morgan fingerprint density at radius 1 is 1.00 bits per heavy atom. The highest BCUT2D eigenvalue weighted by Gasteiger charge is 1.96. The molecule has 2 N–H and O–H groups in total. The molecule has 0 aromatic heterocycles. The maximum Gasteiger partial charge on any atom is 0.234 e. The second-order valence-electron chi connectivity index (χ2n) is 4.00. The maximum absolute atomic E-state index is 11.2. The quantitative estimate of drug-likeness (QED) is 0.517. The molecule has 0 bridgehead atoms. The fourth-order valence-electron chi connectivity index (χ4n) is 0.893. The normalized spacial score (nSPS) is 9.33. The maximum atomic E-state index is 11.2. The van der Waals surface area contributed by atoms with Crippen molar-refractivity contribution >= 4 is 5.91 Å². The summed E-state index contributed by atoms with van der Waals surface area (Å²) in [4.78, 5) is 11.2. The van der Waals surface area contributed by atoms with E-state index < -0.39 is 0 Å². The van der Waals surface area contributed by atoms with Gasteiger partial charge in [0.1, 0.15) is 0 Å². The molecule has 0 saturated carbocycles. The topological polar surface area (TPSA) is 41.1 Å². The number of allylic oxidation sites excluding steroid dienone is 2. The van der Waals surface area contributed by atoms with Crippen molar-refractivity contribution in [2.75, 3.05) is 19.6 Å². The van der Waals surface area contributed by atoms with Crippen LogP contribution in [0.3, 0.4) is 0 Å². The van der Waals surface area contributed by atoms with Crippen molar-refractivity contribution in [2.45, 2.75) is 27.7 Å². The van der Waals surface area contributed by atoms with Crippen LogP contribution in [0.15, 0.2) is 23.3 Å². The number of carbonyl (C=O) groups excluding carboxylic acids is 1. The first kappa shape index (κ1) is 13.9. The summed E-state index contributed by atoms with van der Waals surface area (Å²) in [7, 11) is 0. The first-order chi connectivity index (χ1) is 7.02. The summed E-state index contributed by atoms with van der Waals surface area (Å²) in [6, 6.07) is 0. The molecule has 0 aliphatic carbocycles. The minimum atomic E-state index is 0.0367. The van der Waals surface area contributed by atoms with Crippen LogP contribution in [0.5, 0.6) is 0 Å². The van der Waals surface area contributed by atoms with Gasteiger partial charge in [0.2, 0.25) is 5.91 Å². The molecule has 0 rings (SSSR count). The molecule has 0 atom stereocenters. The largest absolute Gasteiger partial charge is 0.352 e. The predicted molar refractivity (Wildman–Crippen MR) is 64.7 cm³/mol. The van der Waals surface area contributed by atoms with Crippen LogP contribution < -0.4 is 10.6 Å². The zero-order chi connectivity index (χ0) is 11.7. The van der Waals surface area contributed by atoms with Crippen LogP contribution in [0.1, 0.15) is 27.7 Å². The zero-order valence-electron chi connectivity index (χ0n) is 10.2. The van der Waals surface area contributed by atoms with Gasteiger partial charge in [-0.2, -0.15) is 0 Å². The number of nitrogens with one attached hydrogen (secondary N) is 2. The molecular formula is C12H22N2O. The number of amides is 1. The second kappa shape index (κ2) is 8.24. The fourth-order valence-corrected chi connectivity index (χ4v) is 0.893. The average Bonchev–Trinajstić information content (AvgIpc) is 2.11. The third-order valence-corrected chi connectivity index (χ3v) is 1.75. The van der Waals surface area contributed by atoms with E-state index in [-0.39, 0.29) is 5.91 Å². The third-order valence-electron chi connectivity index (χ3n) is 1.75. The van der Waals surface area contributed by atoms with E-state index in [9.17, 15) is 4.79 Å². The predicted octanol–water partition coefficient (Wildman–Crippen LogP) is 1.62. The fraction of sp³-hybridized carbons (Fsp3) is 0.583. The number of carbonyl (C=O) groups is 1. The Morgan fingerprint density at radius 3 is 2.07 bits per heavy atom. The van der Waals surface area contributed by atoms with Gasteiger partial charge < -0.3 is 10.6 Å². The van der Waals surface area contributed by atoms with Crippen LogP contribution in [-0.4, -0.2) is 25.5 Å². The molecule has 0 aliphatic heterocycles. The van der Waals surface area contributed by atoms with Crippen molar-refractivity contribution in [2.24, 2.45) is 0 Å². The Kier molecular flexibility index (Phi) is 7.64. The molecule has 0 saturated heterocycles. The summed E-state index contributed by atoms with van der Waals surface area (Å²) >= 11 is 0. The molecule has 15 heavy (non-hydrogen) atoms. The number of hydrogen-bond donors (Lipinski definition) is 2. The van der Waals surface area contributed by atoms with Crippen molar-refractivity contribution in [3.05, 3.63) is 23.3 Å². The lowest BCUT2D eigenvalue weighted by atomic mass is 10.3. The highest BCUT2D eigenvalue weighted by atomic mass is 16.1. The van der Waals surface area contributed by atoms with Crippen LogP contribution in [0.2, 0.25) is 0 Å². The van der Waals surface area contributed by atoms with Crippen LogP contribution in [0, 0.1) is 0 Å². The summed E-state index contributed by atoms with van der Waals surface area (Å²) in [5.74, 6) is 0.0367. The molecule has 0 aliphatic rings. The molecule has 86 valence electrons. The minimum Gasteiger partial charge on any atom is -0.352 e. The molecule has 0 aromatic rings. The van der Waals surface area contributed by atoms with Crippen LogP contribution in [0.4, 0.5) is 0 Å². The highest BCUT2D eigenvalue weighted by Crippen LogP contribution is 1.86. The van der Waals surface area contributed by atoms with E-state index in [4.69, 9.17) is 0 Å². The summed E-state index contributed by atoms with van der Waals surface area (Å²) in [6.07, 6.45) is 4.05. The summed E-state index contributed by atoms with van der Waals surface area (Å²) in [5, 5.41) is 5.85. The monoisotopic (exact) mass is 210 g/mol. The molecule has 3 heteroatoms. The van der Waals surface area contributed by atoms with E-state index in [1.807, 2.05) is 33.8 Å². The molecule has 0 fully saturated rings. The molecule has 1 amide bonds. The molecule has 0 radical (unpaired) electrons. The Balaban J connectivity index is 3.50. The first-order valence-corrected chi connectivity index (χ1v) is 5.26. The summed E-state index contributed by atoms with van der Waals surface area (Å²) in [6.45, 7) is 9.84. The lowest BCUT2D eigenvalue weighted by Crippen LogP contribution is -2.34. The lowest BCUT2D eigenvalue weighted by molar-refractivity contribution is -0.119. The SMILES string of the molecule is CC(C)=CCNCC(=O)NCC=C(C)C.